The maximum absolute atomic E-state index is 11.9. The van der Waals surface area contributed by atoms with E-state index in [1.807, 2.05) is 20.8 Å². The zero-order chi connectivity index (χ0) is 10.9. The van der Waals surface area contributed by atoms with E-state index in [9.17, 15) is 9.59 Å². The van der Waals surface area contributed by atoms with Crippen LogP contribution in [0.5, 0.6) is 0 Å². The van der Waals surface area contributed by atoms with Crippen LogP contribution < -0.4 is 0 Å². The topological polar surface area (TPSA) is 43.4 Å². The number of rotatable bonds is 1. The van der Waals surface area contributed by atoms with Crippen LogP contribution in [0.25, 0.3) is 0 Å². The normalized spacial score (nSPS) is 21.0. The summed E-state index contributed by atoms with van der Waals surface area (Å²) in [7, 11) is 1.30. The second kappa shape index (κ2) is 3.56. The third-order valence-electron chi connectivity index (χ3n) is 2.78. The summed E-state index contributed by atoms with van der Waals surface area (Å²) in [5.74, 6) is -0.589. The van der Waals surface area contributed by atoms with Crippen molar-refractivity contribution in [2.24, 2.45) is 5.41 Å². The molecule has 0 aliphatic heterocycles. The number of hydrogen-bond acceptors (Lipinski definition) is 3. The molecule has 0 aromatic heterocycles. The Labute approximate surface area is 84.1 Å². The number of hydrogen-bond donors (Lipinski definition) is 0. The molecule has 0 atom stereocenters. The smallest absolute Gasteiger partial charge is 0.341 e. The SMILES string of the molecule is COC(=O)C1=C(C)CCC(C)(C)C1=O. The summed E-state index contributed by atoms with van der Waals surface area (Å²) in [5, 5.41) is 0. The van der Waals surface area contributed by atoms with Crippen molar-refractivity contribution in [3.63, 3.8) is 0 Å². The number of carbonyl (C=O) groups is 2. The first-order valence-electron chi connectivity index (χ1n) is 4.73. The van der Waals surface area contributed by atoms with Crippen LogP contribution in [0, 0.1) is 5.41 Å². The lowest BCUT2D eigenvalue weighted by Crippen LogP contribution is -2.33. The summed E-state index contributed by atoms with van der Waals surface area (Å²) in [6, 6.07) is 0. The Bertz CT molecular complexity index is 310. The number of ketones is 1. The van der Waals surface area contributed by atoms with Gasteiger partial charge in [-0.05, 0) is 19.8 Å². The van der Waals surface area contributed by atoms with E-state index in [0.29, 0.717) is 0 Å². The molecule has 1 aliphatic carbocycles. The fraction of sp³-hybridized carbons (Fsp3) is 0.636. The molecule has 0 heterocycles. The number of esters is 1. The van der Waals surface area contributed by atoms with Gasteiger partial charge in [0.1, 0.15) is 5.57 Å². The van der Waals surface area contributed by atoms with Gasteiger partial charge < -0.3 is 4.74 Å². The molecule has 14 heavy (non-hydrogen) atoms. The van der Waals surface area contributed by atoms with Crippen molar-refractivity contribution in [2.75, 3.05) is 7.11 Å². The second-order valence-electron chi connectivity index (χ2n) is 4.36. The molecule has 0 amide bonds. The van der Waals surface area contributed by atoms with Crippen LogP contribution in [0.3, 0.4) is 0 Å². The van der Waals surface area contributed by atoms with E-state index < -0.39 is 11.4 Å². The van der Waals surface area contributed by atoms with E-state index in [0.717, 1.165) is 18.4 Å². The maximum atomic E-state index is 11.9. The molecule has 0 radical (unpaired) electrons. The van der Waals surface area contributed by atoms with Gasteiger partial charge in [0.25, 0.3) is 0 Å². The third-order valence-corrected chi connectivity index (χ3v) is 2.78. The van der Waals surface area contributed by atoms with Gasteiger partial charge in [0.15, 0.2) is 5.78 Å². The number of carbonyl (C=O) groups excluding carboxylic acids is 2. The highest BCUT2D eigenvalue weighted by Gasteiger charge is 2.38. The molecule has 0 saturated heterocycles. The van der Waals surface area contributed by atoms with Crippen molar-refractivity contribution in [2.45, 2.75) is 33.6 Å². The third kappa shape index (κ3) is 1.72. The number of Topliss-reactive ketones (excluding diaryl/α,β-unsaturated/α-hetero) is 1. The average Bonchev–Trinajstić information content (AvgIpc) is 2.13. The van der Waals surface area contributed by atoms with Gasteiger partial charge in [0, 0.05) is 5.41 Å². The Balaban J connectivity index is 3.12. The average molecular weight is 196 g/mol. The van der Waals surface area contributed by atoms with Crippen LogP contribution in [-0.4, -0.2) is 18.9 Å². The Morgan fingerprint density at radius 1 is 1.43 bits per heavy atom. The molecule has 0 aromatic carbocycles. The van der Waals surface area contributed by atoms with E-state index in [4.69, 9.17) is 0 Å². The van der Waals surface area contributed by atoms with Crippen molar-refractivity contribution >= 4 is 11.8 Å². The highest BCUT2D eigenvalue weighted by atomic mass is 16.5. The largest absolute Gasteiger partial charge is 0.465 e. The summed E-state index contributed by atoms with van der Waals surface area (Å²) in [6.07, 6.45) is 1.60. The Morgan fingerprint density at radius 2 is 2.00 bits per heavy atom. The Kier molecular flexibility index (Phi) is 2.79. The van der Waals surface area contributed by atoms with E-state index in [1.54, 1.807) is 0 Å². The predicted molar refractivity (Wildman–Crippen MR) is 52.7 cm³/mol. The molecule has 0 unspecified atom stereocenters. The van der Waals surface area contributed by atoms with Crippen molar-refractivity contribution < 1.29 is 14.3 Å². The van der Waals surface area contributed by atoms with Gasteiger partial charge in [0.05, 0.1) is 7.11 Å². The number of allylic oxidation sites excluding steroid dienone is 1. The maximum Gasteiger partial charge on any atom is 0.341 e. The van der Waals surface area contributed by atoms with Crippen LogP contribution in [0.1, 0.15) is 33.6 Å². The van der Waals surface area contributed by atoms with Gasteiger partial charge in [0.2, 0.25) is 0 Å². The minimum atomic E-state index is -0.500. The zero-order valence-electron chi connectivity index (χ0n) is 9.14. The van der Waals surface area contributed by atoms with Gasteiger partial charge in [-0.2, -0.15) is 0 Å². The van der Waals surface area contributed by atoms with E-state index >= 15 is 0 Å². The fourth-order valence-corrected chi connectivity index (χ4v) is 1.64. The van der Waals surface area contributed by atoms with Gasteiger partial charge in [-0.15, -0.1) is 0 Å². The molecule has 0 spiro atoms. The molecular weight excluding hydrogens is 180 g/mol. The van der Waals surface area contributed by atoms with Crippen molar-refractivity contribution in [1.82, 2.24) is 0 Å². The monoisotopic (exact) mass is 196 g/mol. The van der Waals surface area contributed by atoms with Crippen LogP contribution >= 0.6 is 0 Å². The van der Waals surface area contributed by atoms with Crippen molar-refractivity contribution in [1.29, 1.82) is 0 Å². The summed E-state index contributed by atoms with van der Waals surface area (Å²) in [5.41, 5.74) is 0.674. The first kappa shape index (κ1) is 11.0. The minimum Gasteiger partial charge on any atom is -0.465 e. The molecule has 0 bridgehead atoms. The van der Waals surface area contributed by atoms with Gasteiger partial charge >= 0.3 is 5.97 Å². The van der Waals surface area contributed by atoms with Gasteiger partial charge in [-0.1, -0.05) is 19.4 Å². The zero-order valence-corrected chi connectivity index (χ0v) is 9.14. The highest BCUT2D eigenvalue weighted by Crippen LogP contribution is 2.35. The molecule has 78 valence electrons. The Hall–Kier alpha value is -1.12. The highest BCUT2D eigenvalue weighted by molar-refractivity contribution is 6.20. The minimum absolute atomic E-state index is 0.0897. The molecule has 3 heteroatoms. The second-order valence-corrected chi connectivity index (χ2v) is 4.36. The van der Waals surface area contributed by atoms with Gasteiger partial charge in [-0.3, -0.25) is 4.79 Å². The van der Waals surface area contributed by atoms with Gasteiger partial charge in [-0.25, -0.2) is 4.79 Å². The summed E-state index contributed by atoms with van der Waals surface area (Å²) < 4.78 is 4.61. The standard InChI is InChI=1S/C11H16O3/c1-7-5-6-11(2,3)9(12)8(7)10(13)14-4/h5-6H2,1-4H3. The van der Waals surface area contributed by atoms with Crippen molar-refractivity contribution in [3.8, 4) is 0 Å². The number of methoxy groups -OCH3 is 1. The van der Waals surface area contributed by atoms with E-state index in [1.165, 1.54) is 7.11 Å². The van der Waals surface area contributed by atoms with Crippen molar-refractivity contribution in [3.05, 3.63) is 11.1 Å². The fourth-order valence-electron chi connectivity index (χ4n) is 1.64. The van der Waals surface area contributed by atoms with Crippen LogP contribution in [0.4, 0.5) is 0 Å². The molecular formula is C11H16O3. The lowest BCUT2D eigenvalue weighted by molar-refractivity contribution is -0.139. The quantitative estimate of drug-likeness (QED) is 0.475. The number of ether oxygens (including phenoxy) is 1. The molecule has 1 aliphatic rings. The summed E-state index contributed by atoms with van der Waals surface area (Å²) in [4.78, 5) is 23.3. The van der Waals surface area contributed by atoms with Crippen LogP contribution in [0.2, 0.25) is 0 Å². The predicted octanol–water partition coefficient (Wildman–Crippen LogP) is 1.86. The molecule has 3 nitrogen and oxygen atoms in total. The first-order valence-corrected chi connectivity index (χ1v) is 4.73. The molecule has 1 rings (SSSR count). The van der Waals surface area contributed by atoms with Crippen LogP contribution in [-0.2, 0) is 14.3 Å². The Morgan fingerprint density at radius 3 is 2.50 bits per heavy atom. The molecule has 0 saturated carbocycles. The van der Waals surface area contributed by atoms with E-state index in [2.05, 4.69) is 4.74 Å². The summed E-state index contributed by atoms with van der Waals surface area (Å²) in [6.45, 7) is 5.55. The first-order chi connectivity index (χ1) is 6.40. The lowest BCUT2D eigenvalue weighted by atomic mass is 9.73. The van der Waals surface area contributed by atoms with E-state index in [-0.39, 0.29) is 11.4 Å². The molecule has 0 N–H and O–H groups in total. The summed E-state index contributed by atoms with van der Waals surface area (Å²) >= 11 is 0. The lowest BCUT2D eigenvalue weighted by Gasteiger charge is -2.29. The van der Waals surface area contributed by atoms with Crippen LogP contribution in [0.15, 0.2) is 11.1 Å². The molecule has 0 aromatic rings. The molecule has 0 fully saturated rings.